The van der Waals surface area contributed by atoms with Crippen LogP contribution in [-0.2, 0) is 18.4 Å². The van der Waals surface area contributed by atoms with Gasteiger partial charge in [-0.1, -0.05) is 13.3 Å². The van der Waals surface area contributed by atoms with E-state index in [9.17, 15) is 9.59 Å². The topological polar surface area (TPSA) is 66.8 Å². The van der Waals surface area contributed by atoms with Crippen LogP contribution in [-0.4, -0.2) is 52.5 Å². The molecular weight excluding hydrogens is 380 g/mol. The van der Waals surface area contributed by atoms with Crippen molar-refractivity contribution in [1.29, 1.82) is 0 Å². The molecule has 1 aromatic carbocycles. The number of hydrogen-bond acceptors (Lipinski definition) is 3. The average Bonchev–Trinajstić information content (AvgIpc) is 3.51. The van der Waals surface area contributed by atoms with Gasteiger partial charge in [0.15, 0.2) is 0 Å². The number of hydrogen-bond donors (Lipinski definition) is 1. The van der Waals surface area contributed by atoms with Crippen LogP contribution in [0.5, 0.6) is 5.75 Å². The standard InChI is InChI=1S/C23H32N4O3/c1-4-5-15-26(23(29)24-18-8-12-21(30-3)13-9-18)17-22(28)27(19-10-11-19)16-20-7-6-14-25(20)2/h6-9,12-14,19H,4-5,10-11,15-17H2,1-3H3,(H,24,29). The van der Waals surface area contributed by atoms with Crippen molar-refractivity contribution < 1.29 is 14.3 Å². The predicted octanol–water partition coefficient (Wildman–Crippen LogP) is 3.86. The molecule has 1 saturated carbocycles. The van der Waals surface area contributed by atoms with Crippen LogP contribution in [0, 0.1) is 0 Å². The highest BCUT2D eigenvalue weighted by Crippen LogP contribution is 2.28. The highest BCUT2D eigenvalue weighted by Gasteiger charge is 2.34. The van der Waals surface area contributed by atoms with Crippen LogP contribution >= 0.6 is 0 Å². The van der Waals surface area contributed by atoms with Crippen molar-refractivity contribution in [2.75, 3.05) is 25.5 Å². The molecule has 0 spiro atoms. The number of benzene rings is 1. The maximum Gasteiger partial charge on any atom is 0.322 e. The first-order chi connectivity index (χ1) is 14.5. The Kier molecular flexibility index (Phi) is 7.38. The summed E-state index contributed by atoms with van der Waals surface area (Å²) in [7, 11) is 3.59. The second-order valence-corrected chi connectivity index (χ2v) is 7.80. The zero-order chi connectivity index (χ0) is 21.5. The number of methoxy groups -OCH3 is 1. The second-order valence-electron chi connectivity index (χ2n) is 7.80. The van der Waals surface area contributed by atoms with Crippen LogP contribution in [0.3, 0.4) is 0 Å². The van der Waals surface area contributed by atoms with E-state index in [1.165, 1.54) is 0 Å². The summed E-state index contributed by atoms with van der Waals surface area (Å²) >= 11 is 0. The Morgan fingerprint density at radius 1 is 1.20 bits per heavy atom. The number of unbranched alkanes of at least 4 members (excludes halogenated alkanes) is 1. The van der Waals surface area contributed by atoms with Crippen LogP contribution in [0.1, 0.15) is 38.3 Å². The van der Waals surface area contributed by atoms with Crippen molar-refractivity contribution in [3.63, 3.8) is 0 Å². The minimum absolute atomic E-state index is 0.000293. The van der Waals surface area contributed by atoms with Gasteiger partial charge in [0, 0.05) is 37.2 Å². The Bertz CT molecular complexity index is 842. The first-order valence-electron chi connectivity index (χ1n) is 10.6. The van der Waals surface area contributed by atoms with E-state index in [1.807, 2.05) is 34.8 Å². The Balaban J connectivity index is 1.66. The first-order valence-corrected chi connectivity index (χ1v) is 10.6. The Morgan fingerprint density at radius 3 is 2.50 bits per heavy atom. The van der Waals surface area contributed by atoms with Gasteiger partial charge in [-0.3, -0.25) is 4.79 Å². The van der Waals surface area contributed by atoms with Crippen molar-refractivity contribution >= 4 is 17.6 Å². The first kappa shape index (κ1) is 21.7. The molecule has 0 unspecified atom stereocenters. The minimum atomic E-state index is -0.253. The Morgan fingerprint density at radius 2 is 1.93 bits per heavy atom. The van der Waals surface area contributed by atoms with Gasteiger partial charge < -0.3 is 24.4 Å². The lowest BCUT2D eigenvalue weighted by atomic mass is 10.3. The van der Waals surface area contributed by atoms with Crippen molar-refractivity contribution in [2.45, 2.75) is 45.2 Å². The number of rotatable bonds is 10. The van der Waals surface area contributed by atoms with E-state index in [2.05, 4.69) is 12.2 Å². The lowest BCUT2D eigenvalue weighted by Gasteiger charge is -2.28. The van der Waals surface area contributed by atoms with Crippen molar-refractivity contribution in [3.8, 4) is 5.75 Å². The molecule has 1 fully saturated rings. The number of nitrogens with one attached hydrogen (secondary N) is 1. The van der Waals surface area contributed by atoms with Crippen LogP contribution in [0.4, 0.5) is 10.5 Å². The Labute approximate surface area is 178 Å². The molecule has 30 heavy (non-hydrogen) atoms. The zero-order valence-corrected chi connectivity index (χ0v) is 18.1. The SMILES string of the molecule is CCCCN(CC(=O)N(Cc1cccn1C)C1CC1)C(=O)Nc1ccc(OC)cc1. The average molecular weight is 413 g/mol. The number of ether oxygens (including phenoxy) is 1. The van der Waals surface area contributed by atoms with Crippen LogP contribution < -0.4 is 10.1 Å². The largest absolute Gasteiger partial charge is 0.497 e. The molecule has 0 radical (unpaired) electrons. The summed E-state index contributed by atoms with van der Waals surface area (Å²) in [6.45, 7) is 3.29. The van der Waals surface area contributed by atoms with Gasteiger partial charge in [-0.05, 0) is 55.7 Å². The molecule has 0 aliphatic heterocycles. The minimum Gasteiger partial charge on any atom is -0.497 e. The molecule has 3 amide bonds. The number of urea groups is 1. The van der Waals surface area contributed by atoms with E-state index >= 15 is 0 Å². The molecule has 7 heteroatoms. The van der Waals surface area contributed by atoms with E-state index in [0.717, 1.165) is 37.1 Å². The van der Waals surface area contributed by atoms with Gasteiger partial charge in [0.25, 0.3) is 0 Å². The highest BCUT2D eigenvalue weighted by molar-refractivity contribution is 5.92. The third-order valence-corrected chi connectivity index (χ3v) is 5.43. The molecule has 1 aliphatic rings. The summed E-state index contributed by atoms with van der Waals surface area (Å²) < 4.78 is 7.19. The van der Waals surface area contributed by atoms with E-state index in [0.29, 0.717) is 18.8 Å². The summed E-state index contributed by atoms with van der Waals surface area (Å²) in [5, 5.41) is 2.90. The number of anilines is 1. The van der Waals surface area contributed by atoms with Gasteiger partial charge in [-0.15, -0.1) is 0 Å². The molecular formula is C23H32N4O3. The molecule has 3 rings (SSSR count). The lowest BCUT2D eigenvalue weighted by molar-refractivity contribution is -0.133. The van der Waals surface area contributed by atoms with Gasteiger partial charge >= 0.3 is 6.03 Å². The fourth-order valence-electron chi connectivity index (χ4n) is 3.37. The van der Waals surface area contributed by atoms with Crippen molar-refractivity contribution in [1.82, 2.24) is 14.4 Å². The number of aromatic nitrogens is 1. The summed E-state index contributed by atoms with van der Waals surface area (Å²) in [5.74, 6) is 0.728. The van der Waals surface area contributed by atoms with Crippen LogP contribution in [0.25, 0.3) is 0 Å². The summed E-state index contributed by atoms with van der Waals surface area (Å²) in [4.78, 5) is 29.6. The molecule has 7 nitrogen and oxygen atoms in total. The second kappa shape index (κ2) is 10.2. The van der Waals surface area contributed by atoms with Gasteiger partial charge in [0.2, 0.25) is 5.91 Å². The molecule has 1 N–H and O–H groups in total. The summed E-state index contributed by atoms with van der Waals surface area (Å²) in [5.41, 5.74) is 1.77. The number of carbonyl (C=O) groups excluding carboxylic acids is 2. The predicted molar refractivity (Wildman–Crippen MR) is 117 cm³/mol. The highest BCUT2D eigenvalue weighted by atomic mass is 16.5. The van der Waals surface area contributed by atoms with E-state index < -0.39 is 0 Å². The molecule has 162 valence electrons. The van der Waals surface area contributed by atoms with Gasteiger partial charge in [0.1, 0.15) is 12.3 Å². The molecule has 2 aromatic rings. The Hall–Kier alpha value is -2.96. The maximum atomic E-state index is 13.2. The monoisotopic (exact) mass is 412 g/mol. The number of carbonyl (C=O) groups is 2. The number of aryl methyl sites for hydroxylation is 1. The van der Waals surface area contributed by atoms with Crippen molar-refractivity contribution in [2.24, 2.45) is 7.05 Å². The van der Waals surface area contributed by atoms with Crippen LogP contribution in [0.2, 0.25) is 0 Å². The lowest BCUT2D eigenvalue weighted by Crippen LogP contribution is -2.45. The fraction of sp³-hybridized carbons (Fsp3) is 0.478. The summed E-state index contributed by atoms with van der Waals surface area (Å²) in [6, 6.07) is 11.2. The third kappa shape index (κ3) is 5.78. The van der Waals surface area contributed by atoms with E-state index in [-0.39, 0.29) is 24.5 Å². The normalized spacial score (nSPS) is 13.0. The van der Waals surface area contributed by atoms with Crippen LogP contribution in [0.15, 0.2) is 42.6 Å². The molecule has 1 heterocycles. The number of nitrogens with zero attached hydrogens (tertiary/aromatic N) is 3. The van der Waals surface area contributed by atoms with Gasteiger partial charge in [0.05, 0.1) is 13.7 Å². The molecule has 0 saturated heterocycles. The quantitative estimate of drug-likeness (QED) is 0.644. The number of amides is 3. The van der Waals surface area contributed by atoms with Gasteiger partial charge in [-0.2, -0.15) is 0 Å². The van der Waals surface area contributed by atoms with E-state index in [1.54, 1.807) is 36.3 Å². The maximum absolute atomic E-state index is 13.2. The zero-order valence-electron chi connectivity index (χ0n) is 18.1. The van der Waals surface area contributed by atoms with Gasteiger partial charge in [-0.25, -0.2) is 4.79 Å². The summed E-state index contributed by atoms with van der Waals surface area (Å²) in [6.07, 6.45) is 5.85. The van der Waals surface area contributed by atoms with E-state index in [4.69, 9.17) is 4.74 Å². The third-order valence-electron chi connectivity index (χ3n) is 5.43. The fourth-order valence-corrected chi connectivity index (χ4v) is 3.37. The van der Waals surface area contributed by atoms with Crippen molar-refractivity contribution in [3.05, 3.63) is 48.3 Å². The smallest absolute Gasteiger partial charge is 0.322 e. The molecule has 1 aliphatic carbocycles. The molecule has 0 atom stereocenters. The molecule has 1 aromatic heterocycles. The molecule has 0 bridgehead atoms.